The molecule has 0 atom stereocenters. The van der Waals surface area contributed by atoms with Gasteiger partial charge in [-0.3, -0.25) is 15.0 Å². The van der Waals surface area contributed by atoms with Crippen molar-refractivity contribution in [3.63, 3.8) is 0 Å². The largest absolute Gasteiger partial charge is 0.277 e. The van der Waals surface area contributed by atoms with E-state index in [1.54, 1.807) is 6.20 Å². The molecule has 0 unspecified atom stereocenters. The lowest BCUT2D eigenvalue weighted by Gasteiger charge is -2.06. The minimum atomic E-state index is 0.598. The van der Waals surface area contributed by atoms with Crippen molar-refractivity contribution in [3.05, 3.63) is 59.9 Å². The average molecular weight is 221 g/mol. The van der Waals surface area contributed by atoms with Gasteiger partial charge >= 0.3 is 0 Å². The van der Waals surface area contributed by atoms with Crippen LogP contribution in [-0.2, 0) is 0 Å². The predicted molar refractivity (Wildman–Crippen MR) is 69.3 cm³/mol. The first-order chi connectivity index (χ1) is 8.45. The highest BCUT2D eigenvalue weighted by molar-refractivity contribution is 6.15. The summed E-state index contributed by atoms with van der Waals surface area (Å²) >= 11 is 0. The van der Waals surface area contributed by atoms with E-state index in [9.17, 15) is 0 Å². The Bertz CT molecular complexity index is 585. The molecule has 0 radical (unpaired) electrons. The third kappa shape index (κ3) is 1.87. The standard InChI is InChI=1S/C14H11N3/c1-2-6-12-11(5-1)14(17-10-9-16-12)13-7-3-4-8-15-13/h1-9H,10H2. The Morgan fingerprint density at radius 1 is 0.941 bits per heavy atom. The SMILES string of the molecule is C1=Nc2ccccc2C(c2ccccn2)=NC1. The second kappa shape index (κ2) is 4.29. The highest BCUT2D eigenvalue weighted by Gasteiger charge is 2.12. The van der Waals surface area contributed by atoms with Crippen LogP contribution in [0, 0.1) is 0 Å². The first-order valence-electron chi connectivity index (χ1n) is 5.53. The Kier molecular flexibility index (Phi) is 2.50. The minimum absolute atomic E-state index is 0.598. The average Bonchev–Trinajstić information content (AvgIpc) is 2.62. The van der Waals surface area contributed by atoms with E-state index in [-0.39, 0.29) is 0 Å². The molecule has 0 bridgehead atoms. The second-order valence-corrected chi connectivity index (χ2v) is 3.73. The van der Waals surface area contributed by atoms with Crippen LogP contribution in [-0.4, -0.2) is 23.5 Å². The number of benzene rings is 1. The number of nitrogens with zero attached hydrogens (tertiary/aromatic N) is 3. The van der Waals surface area contributed by atoms with Gasteiger partial charge in [-0.25, -0.2) is 0 Å². The molecular weight excluding hydrogens is 210 g/mol. The van der Waals surface area contributed by atoms with Gasteiger partial charge in [-0.2, -0.15) is 0 Å². The van der Waals surface area contributed by atoms with Crippen LogP contribution in [0.5, 0.6) is 0 Å². The molecule has 82 valence electrons. The summed E-state index contributed by atoms with van der Waals surface area (Å²) in [5.41, 5.74) is 3.80. The first-order valence-corrected chi connectivity index (χ1v) is 5.53. The summed E-state index contributed by atoms with van der Waals surface area (Å²) in [5, 5.41) is 0. The molecule has 1 aliphatic heterocycles. The van der Waals surface area contributed by atoms with Crippen molar-refractivity contribution in [2.45, 2.75) is 0 Å². The number of hydrogen-bond acceptors (Lipinski definition) is 3. The van der Waals surface area contributed by atoms with Crippen molar-refractivity contribution in [1.82, 2.24) is 4.98 Å². The Balaban J connectivity index is 2.17. The fraction of sp³-hybridized carbons (Fsp3) is 0.0714. The lowest BCUT2D eigenvalue weighted by atomic mass is 10.0. The van der Waals surface area contributed by atoms with E-state index >= 15 is 0 Å². The molecule has 0 saturated carbocycles. The number of aromatic nitrogens is 1. The summed E-state index contributed by atoms with van der Waals surface area (Å²) in [6.07, 6.45) is 3.61. The molecule has 1 aromatic carbocycles. The molecule has 1 aromatic heterocycles. The number of para-hydroxylation sites is 1. The van der Waals surface area contributed by atoms with Gasteiger partial charge in [0, 0.05) is 18.0 Å². The number of rotatable bonds is 1. The maximum Gasteiger partial charge on any atom is 0.0929 e. The van der Waals surface area contributed by atoms with Crippen molar-refractivity contribution in [1.29, 1.82) is 0 Å². The molecule has 2 aromatic rings. The van der Waals surface area contributed by atoms with Crippen LogP contribution in [0.2, 0.25) is 0 Å². The number of hydrogen-bond donors (Lipinski definition) is 0. The van der Waals surface area contributed by atoms with Crippen LogP contribution in [0.3, 0.4) is 0 Å². The Morgan fingerprint density at radius 2 is 1.82 bits per heavy atom. The molecule has 3 rings (SSSR count). The molecule has 3 heteroatoms. The van der Waals surface area contributed by atoms with Crippen molar-refractivity contribution in [3.8, 4) is 0 Å². The van der Waals surface area contributed by atoms with E-state index in [0.717, 1.165) is 22.7 Å². The monoisotopic (exact) mass is 221 g/mol. The van der Waals surface area contributed by atoms with Crippen LogP contribution >= 0.6 is 0 Å². The molecule has 2 heterocycles. The fourth-order valence-electron chi connectivity index (χ4n) is 1.86. The van der Waals surface area contributed by atoms with Gasteiger partial charge in [0.2, 0.25) is 0 Å². The molecule has 3 nitrogen and oxygen atoms in total. The summed E-state index contributed by atoms with van der Waals surface area (Å²) in [7, 11) is 0. The van der Waals surface area contributed by atoms with E-state index < -0.39 is 0 Å². The Hall–Kier alpha value is -2.29. The molecule has 0 aliphatic carbocycles. The lowest BCUT2D eigenvalue weighted by Crippen LogP contribution is -2.05. The zero-order chi connectivity index (χ0) is 11.5. The van der Waals surface area contributed by atoms with Crippen molar-refractivity contribution >= 4 is 17.6 Å². The van der Waals surface area contributed by atoms with E-state index in [0.29, 0.717) is 6.54 Å². The van der Waals surface area contributed by atoms with Gasteiger partial charge in [0.25, 0.3) is 0 Å². The van der Waals surface area contributed by atoms with E-state index in [1.807, 2.05) is 48.7 Å². The quantitative estimate of drug-likeness (QED) is 0.729. The smallest absolute Gasteiger partial charge is 0.0929 e. The topological polar surface area (TPSA) is 37.6 Å². The third-order valence-electron chi connectivity index (χ3n) is 2.63. The molecular formula is C14H11N3. The van der Waals surface area contributed by atoms with Crippen molar-refractivity contribution < 1.29 is 0 Å². The Morgan fingerprint density at radius 3 is 2.71 bits per heavy atom. The van der Waals surface area contributed by atoms with E-state index in [4.69, 9.17) is 0 Å². The zero-order valence-corrected chi connectivity index (χ0v) is 9.24. The number of pyridine rings is 1. The molecule has 0 fully saturated rings. The zero-order valence-electron chi connectivity index (χ0n) is 9.24. The van der Waals surface area contributed by atoms with Gasteiger partial charge in [-0.05, 0) is 18.2 Å². The van der Waals surface area contributed by atoms with Crippen LogP contribution < -0.4 is 0 Å². The van der Waals surface area contributed by atoms with Crippen LogP contribution in [0.1, 0.15) is 11.3 Å². The van der Waals surface area contributed by atoms with E-state index in [2.05, 4.69) is 15.0 Å². The van der Waals surface area contributed by atoms with Crippen LogP contribution in [0.25, 0.3) is 0 Å². The highest BCUT2D eigenvalue weighted by Crippen LogP contribution is 2.23. The highest BCUT2D eigenvalue weighted by atomic mass is 14.8. The molecule has 0 N–H and O–H groups in total. The summed E-state index contributed by atoms with van der Waals surface area (Å²) in [5.74, 6) is 0. The van der Waals surface area contributed by atoms with Crippen molar-refractivity contribution in [2.75, 3.05) is 6.54 Å². The summed E-state index contributed by atoms with van der Waals surface area (Å²) in [4.78, 5) is 13.3. The van der Waals surface area contributed by atoms with Gasteiger partial charge in [0.15, 0.2) is 0 Å². The molecule has 0 amide bonds. The number of fused-ring (bicyclic) bond motifs is 1. The van der Waals surface area contributed by atoms with Gasteiger partial charge in [0.1, 0.15) is 0 Å². The van der Waals surface area contributed by atoms with Crippen LogP contribution in [0.4, 0.5) is 5.69 Å². The predicted octanol–water partition coefficient (Wildman–Crippen LogP) is 2.63. The van der Waals surface area contributed by atoms with Gasteiger partial charge < -0.3 is 0 Å². The fourth-order valence-corrected chi connectivity index (χ4v) is 1.86. The number of aliphatic imine (C=N–C) groups is 2. The summed E-state index contributed by atoms with van der Waals surface area (Å²) in [6, 6.07) is 13.9. The van der Waals surface area contributed by atoms with Gasteiger partial charge in [-0.15, -0.1) is 0 Å². The lowest BCUT2D eigenvalue weighted by molar-refractivity contribution is 1.25. The summed E-state index contributed by atoms with van der Waals surface area (Å²) in [6.45, 7) is 0.598. The minimum Gasteiger partial charge on any atom is -0.277 e. The second-order valence-electron chi connectivity index (χ2n) is 3.73. The molecule has 0 saturated heterocycles. The maximum atomic E-state index is 4.54. The van der Waals surface area contributed by atoms with Gasteiger partial charge in [-0.1, -0.05) is 24.3 Å². The maximum absolute atomic E-state index is 4.54. The molecule has 1 aliphatic rings. The van der Waals surface area contributed by atoms with Gasteiger partial charge in [0.05, 0.1) is 23.6 Å². The third-order valence-corrected chi connectivity index (χ3v) is 2.63. The molecule has 0 spiro atoms. The Labute approximate surface area is 99.6 Å². The molecule has 17 heavy (non-hydrogen) atoms. The van der Waals surface area contributed by atoms with Crippen LogP contribution in [0.15, 0.2) is 58.6 Å². The van der Waals surface area contributed by atoms with E-state index in [1.165, 1.54) is 0 Å². The summed E-state index contributed by atoms with van der Waals surface area (Å²) < 4.78 is 0. The normalized spacial score (nSPS) is 13.8. The van der Waals surface area contributed by atoms with Crippen molar-refractivity contribution in [2.24, 2.45) is 9.98 Å². The first kappa shape index (κ1) is 9.90.